The highest BCUT2D eigenvalue weighted by Crippen LogP contribution is 2.35. The third kappa shape index (κ3) is 3.42. The zero-order valence-electron chi connectivity index (χ0n) is 11.2. The molecule has 20 heavy (non-hydrogen) atoms. The monoisotopic (exact) mass is 294 g/mol. The van der Waals surface area contributed by atoms with Crippen LogP contribution < -0.4 is 9.47 Å². The van der Waals surface area contributed by atoms with Gasteiger partial charge in [0.05, 0.1) is 12.0 Å². The van der Waals surface area contributed by atoms with E-state index in [0.717, 1.165) is 16.9 Å². The number of rotatable bonds is 6. The summed E-state index contributed by atoms with van der Waals surface area (Å²) >= 11 is 6.51. The lowest BCUT2D eigenvalue weighted by Gasteiger charge is -2.15. The molecule has 0 saturated carbocycles. The van der Waals surface area contributed by atoms with Crippen LogP contribution in [-0.4, -0.2) is 13.5 Å². The van der Waals surface area contributed by atoms with E-state index in [1.807, 2.05) is 43.3 Å². The van der Waals surface area contributed by atoms with Crippen molar-refractivity contribution in [3.8, 4) is 11.5 Å². The molecule has 106 valence electrons. The van der Waals surface area contributed by atoms with Crippen molar-refractivity contribution in [2.45, 2.75) is 12.3 Å². The van der Waals surface area contributed by atoms with Gasteiger partial charge < -0.3 is 9.47 Å². The van der Waals surface area contributed by atoms with Gasteiger partial charge in [0.2, 0.25) is 6.86 Å². The van der Waals surface area contributed by atoms with E-state index in [4.69, 9.17) is 21.1 Å². The fraction of sp³-hybridized carbons (Fsp3) is 0.250. The van der Waals surface area contributed by atoms with Gasteiger partial charge in [0, 0.05) is 5.56 Å². The molecule has 2 nitrogen and oxygen atoms in total. The molecule has 0 amide bonds. The number of hydrogen-bond donors (Lipinski definition) is 0. The lowest BCUT2D eigenvalue weighted by molar-refractivity contribution is 0.191. The van der Waals surface area contributed by atoms with Gasteiger partial charge in [-0.15, -0.1) is 11.6 Å². The Kier molecular flexibility index (Phi) is 5.24. The summed E-state index contributed by atoms with van der Waals surface area (Å²) in [4.78, 5) is 0. The van der Waals surface area contributed by atoms with Crippen molar-refractivity contribution in [3.63, 3.8) is 0 Å². The molecule has 0 aliphatic heterocycles. The predicted molar refractivity (Wildman–Crippen MR) is 78.4 cm³/mol. The Morgan fingerprint density at radius 2 is 1.75 bits per heavy atom. The average molecular weight is 295 g/mol. The molecule has 2 aromatic carbocycles. The van der Waals surface area contributed by atoms with Crippen LogP contribution in [-0.2, 0) is 0 Å². The Labute approximate surface area is 123 Å². The molecule has 0 spiro atoms. The van der Waals surface area contributed by atoms with Crippen LogP contribution in [0.1, 0.15) is 23.4 Å². The first-order chi connectivity index (χ1) is 9.76. The van der Waals surface area contributed by atoms with Crippen LogP contribution in [0.15, 0.2) is 48.5 Å². The Bertz CT molecular complexity index is 542. The maximum atomic E-state index is 12.1. The van der Waals surface area contributed by atoms with E-state index >= 15 is 0 Å². The molecule has 0 saturated heterocycles. The largest absolute Gasteiger partial charge is 0.494 e. The van der Waals surface area contributed by atoms with Gasteiger partial charge >= 0.3 is 0 Å². The second-order valence-electron chi connectivity index (χ2n) is 4.16. The number of hydrogen-bond acceptors (Lipinski definition) is 2. The summed E-state index contributed by atoms with van der Waals surface area (Å²) in [6.45, 7) is 1.68. The minimum atomic E-state index is -0.836. The predicted octanol–water partition coefficient (Wildman–Crippen LogP) is 4.72. The molecule has 0 aliphatic carbocycles. The van der Waals surface area contributed by atoms with Crippen LogP contribution >= 0.6 is 11.6 Å². The average Bonchev–Trinajstić information content (AvgIpc) is 2.49. The zero-order chi connectivity index (χ0) is 14.4. The van der Waals surface area contributed by atoms with Crippen molar-refractivity contribution in [3.05, 3.63) is 59.7 Å². The normalized spacial score (nSPS) is 11.9. The van der Waals surface area contributed by atoms with Crippen LogP contribution in [0.5, 0.6) is 11.5 Å². The smallest absolute Gasteiger partial charge is 0.228 e. The number of ether oxygens (including phenoxy) is 2. The molecular formula is C16H16ClFO2. The van der Waals surface area contributed by atoms with Gasteiger partial charge in [0.15, 0.2) is 0 Å². The highest BCUT2D eigenvalue weighted by Gasteiger charge is 2.15. The Morgan fingerprint density at radius 3 is 2.40 bits per heavy atom. The molecule has 2 rings (SSSR count). The molecule has 0 heterocycles. The quantitative estimate of drug-likeness (QED) is 0.718. The Morgan fingerprint density at radius 1 is 1.05 bits per heavy atom. The molecule has 0 aliphatic rings. The summed E-state index contributed by atoms with van der Waals surface area (Å²) in [7, 11) is 0. The molecule has 0 bridgehead atoms. The van der Waals surface area contributed by atoms with Crippen LogP contribution in [0.2, 0.25) is 0 Å². The fourth-order valence-electron chi connectivity index (χ4n) is 1.95. The summed E-state index contributed by atoms with van der Waals surface area (Å²) in [5.74, 6) is 1.26. The molecule has 0 N–H and O–H groups in total. The summed E-state index contributed by atoms with van der Waals surface area (Å²) in [6.07, 6.45) is 0. The van der Waals surface area contributed by atoms with Crippen molar-refractivity contribution in [1.29, 1.82) is 0 Å². The van der Waals surface area contributed by atoms with Crippen molar-refractivity contribution >= 4 is 11.6 Å². The van der Waals surface area contributed by atoms with Gasteiger partial charge in [0.25, 0.3) is 0 Å². The van der Waals surface area contributed by atoms with Gasteiger partial charge in [-0.2, -0.15) is 0 Å². The van der Waals surface area contributed by atoms with Crippen molar-refractivity contribution in [1.82, 2.24) is 0 Å². The number of para-hydroxylation sites is 1. The summed E-state index contributed by atoms with van der Waals surface area (Å²) < 4.78 is 22.4. The molecule has 0 radical (unpaired) electrons. The molecule has 0 fully saturated rings. The van der Waals surface area contributed by atoms with Gasteiger partial charge in [-0.1, -0.05) is 30.3 Å². The van der Waals surface area contributed by atoms with Gasteiger partial charge in [-0.05, 0) is 30.7 Å². The van der Waals surface area contributed by atoms with E-state index < -0.39 is 6.86 Å². The minimum absolute atomic E-state index is 0.322. The first-order valence-electron chi connectivity index (χ1n) is 6.40. The van der Waals surface area contributed by atoms with Gasteiger partial charge in [0.1, 0.15) is 11.5 Å². The molecule has 4 heteroatoms. The first kappa shape index (κ1) is 14.7. The van der Waals surface area contributed by atoms with E-state index in [0.29, 0.717) is 12.4 Å². The topological polar surface area (TPSA) is 18.5 Å². The molecule has 1 unspecified atom stereocenters. The zero-order valence-corrected chi connectivity index (χ0v) is 11.9. The maximum absolute atomic E-state index is 12.1. The van der Waals surface area contributed by atoms with E-state index in [9.17, 15) is 4.39 Å². The third-order valence-corrected chi connectivity index (χ3v) is 3.37. The van der Waals surface area contributed by atoms with E-state index in [2.05, 4.69) is 0 Å². The van der Waals surface area contributed by atoms with Crippen molar-refractivity contribution in [2.75, 3.05) is 13.5 Å². The highest BCUT2D eigenvalue weighted by atomic mass is 35.5. The standard InChI is InChI=1S/C16H16ClFO2/c1-2-19-15-6-4-3-5-14(15)16(17)12-7-9-13(10-8-12)20-11-18/h3-10,16H,2,11H2,1H3. The van der Waals surface area contributed by atoms with Crippen LogP contribution in [0.25, 0.3) is 0 Å². The fourth-order valence-corrected chi connectivity index (χ4v) is 2.28. The van der Waals surface area contributed by atoms with Crippen molar-refractivity contribution in [2.24, 2.45) is 0 Å². The Hall–Kier alpha value is -1.74. The van der Waals surface area contributed by atoms with E-state index in [1.165, 1.54) is 0 Å². The van der Waals surface area contributed by atoms with Gasteiger partial charge in [-0.25, -0.2) is 4.39 Å². The van der Waals surface area contributed by atoms with Crippen LogP contribution in [0.4, 0.5) is 4.39 Å². The first-order valence-corrected chi connectivity index (χ1v) is 6.84. The minimum Gasteiger partial charge on any atom is -0.494 e. The molecular weight excluding hydrogens is 279 g/mol. The Balaban J connectivity index is 2.24. The molecule has 0 aromatic heterocycles. The van der Waals surface area contributed by atoms with Crippen LogP contribution in [0.3, 0.4) is 0 Å². The second kappa shape index (κ2) is 7.15. The number of halogens is 2. The molecule has 1 atom stereocenters. The van der Waals surface area contributed by atoms with Crippen LogP contribution in [0, 0.1) is 0 Å². The maximum Gasteiger partial charge on any atom is 0.228 e. The van der Waals surface area contributed by atoms with Crippen molar-refractivity contribution < 1.29 is 13.9 Å². The second-order valence-corrected chi connectivity index (χ2v) is 4.59. The SMILES string of the molecule is CCOc1ccccc1C(Cl)c1ccc(OCF)cc1. The van der Waals surface area contributed by atoms with E-state index in [-0.39, 0.29) is 5.38 Å². The van der Waals surface area contributed by atoms with E-state index in [1.54, 1.807) is 12.1 Å². The lowest BCUT2D eigenvalue weighted by atomic mass is 10.0. The van der Waals surface area contributed by atoms with Gasteiger partial charge in [-0.3, -0.25) is 0 Å². The molecule has 2 aromatic rings. The summed E-state index contributed by atoms with van der Waals surface area (Å²) in [6, 6.07) is 14.7. The number of alkyl halides is 2. The number of benzene rings is 2. The highest BCUT2D eigenvalue weighted by molar-refractivity contribution is 6.22. The summed E-state index contributed by atoms with van der Waals surface area (Å²) in [5, 5.41) is -0.322. The third-order valence-electron chi connectivity index (χ3n) is 2.89. The lowest BCUT2D eigenvalue weighted by Crippen LogP contribution is -2.00. The summed E-state index contributed by atoms with van der Waals surface area (Å²) in [5.41, 5.74) is 1.82.